The third-order valence-corrected chi connectivity index (χ3v) is 9.37. The summed E-state index contributed by atoms with van der Waals surface area (Å²) < 4.78 is 24.0. The summed E-state index contributed by atoms with van der Waals surface area (Å²) in [4.78, 5) is 4.73. The molecule has 29 heavy (non-hydrogen) atoms. The largest absolute Gasteiger partial charge is 0.431 e. The number of benzene rings is 1. The molecule has 2 aliphatic heterocycles. The van der Waals surface area contributed by atoms with Crippen LogP contribution in [0.1, 0.15) is 43.4 Å². The summed E-state index contributed by atoms with van der Waals surface area (Å²) in [5, 5.41) is 14.5. The highest BCUT2D eigenvalue weighted by Crippen LogP contribution is 2.56. The number of hydrogen-bond donors (Lipinski definition) is 0. The van der Waals surface area contributed by atoms with Crippen LogP contribution in [0.4, 0.5) is 10.2 Å². The van der Waals surface area contributed by atoms with Gasteiger partial charge in [-0.1, -0.05) is 12.8 Å². The average Bonchev–Trinajstić information content (AvgIpc) is 2.89. The lowest BCUT2D eigenvalue weighted by molar-refractivity contribution is 0.424. The van der Waals surface area contributed by atoms with E-state index < -0.39 is 6.42 Å². The first-order chi connectivity index (χ1) is 14.0. The Morgan fingerprint density at radius 1 is 1.21 bits per heavy atom. The highest BCUT2D eigenvalue weighted by atomic mass is 32.4. The molecule has 0 amide bonds. The van der Waals surface area contributed by atoms with Crippen molar-refractivity contribution in [3.63, 3.8) is 0 Å². The monoisotopic (exact) mass is 431 g/mol. The van der Waals surface area contributed by atoms with E-state index in [1.165, 1.54) is 25.0 Å². The molecule has 0 unspecified atom stereocenters. The van der Waals surface area contributed by atoms with E-state index in [0.29, 0.717) is 30.2 Å². The van der Waals surface area contributed by atoms with Gasteiger partial charge in [0, 0.05) is 18.7 Å². The molecular weight excluding hydrogens is 408 g/mol. The van der Waals surface area contributed by atoms with Gasteiger partial charge in [0.25, 0.3) is 0 Å². The fourth-order valence-corrected chi connectivity index (χ4v) is 7.71. The Labute approximate surface area is 175 Å². The zero-order valence-corrected chi connectivity index (χ0v) is 18.1. The highest BCUT2D eigenvalue weighted by molar-refractivity contribution is 8.15. The molecule has 4 rings (SSSR count). The molecule has 152 valence electrons. The van der Waals surface area contributed by atoms with Gasteiger partial charge < -0.3 is 4.52 Å². The lowest BCUT2D eigenvalue weighted by Gasteiger charge is -2.36. The maximum absolute atomic E-state index is 13.4. The van der Waals surface area contributed by atoms with Gasteiger partial charge in [0.2, 0.25) is 12.3 Å². The van der Waals surface area contributed by atoms with Crippen LogP contribution in [0.2, 0.25) is 0 Å². The molecule has 0 saturated carbocycles. The van der Waals surface area contributed by atoms with Gasteiger partial charge in [-0.2, -0.15) is 15.4 Å². The van der Waals surface area contributed by atoms with Crippen molar-refractivity contribution in [1.82, 2.24) is 14.5 Å². The van der Waals surface area contributed by atoms with E-state index in [1.807, 2.05) is 6.92 Å². The van der Waals surface area contributed by atoms with Crippen LogP contribution in [0.5, 0.6) is 0 Å². The van der Waals surface area contributed by atoms with E-state index in [9.17, 15) is 4.39 Å². The molecule has 1 aromatic heterocycles. The number of nitriles is 1. The van der Waals surface area contributed by atoms with Gasteiger partial charge in [-0.05, 0) is 55.8 Å². The first-order valence-corrected chi connectivity index (χ1v) is 12.5. The molecule has 3 heterocycles. The van der Waals surface area contributed by atoms with Crippen LogP contribution < -0.4 is 5.30 Å². The van der Waals surface area contributed by atoms with Gasteiger partial charge in [-0.3, -0.25) is 0 Å². The number of aryl methyl sites for hydroxylation is 2. The standard InChI is InChI=1S/C20H23FN5OPS/c1-15-18-19(26(24-15)14-6-11-22)23-20(16-7-9-17(21)10-8-16)27-28(18,29)25-12-4-2-3-5-13-25/h7-10H,2-6,12-14H2,1H3/t28-/m1/s1. The lowest BCUT2D eigenvalue weighted by Crippen LogP contribution is -2.32. The van der Waals surface area contributed by atoms with Crippen LogP contribution in [-0.4, -0.2) is 33.4 Å². The zero-order valence-electron chi connectivity index (χ0n) is 16.3. The molecule has 2 aromatic rings. The Morgan fingerprint density at radius 2 is 1.90 bits per heavy atom. The molecular formula is C20H23FN5OPS. The van der Waals surface area contributed by atoms with Gasteiger partial charge in [-0.25, -0.2) is 13.7 Å². The van der Waals surface area contributed by atoms with E-state index in [1.54, 1.807) is 16.8 Å². The minimum absolute atomic E-state index is 0.312. The minimum Gasteiger partial charge on any atom is -0.431 e. The van der Waals surface area contributed by atoms with Crippen molar-refractivity contribution in [3.05, 3.63) is 41.3 Å². The molecule has 1 saturated heterocycles. The molecule has 1 atom stereocenters. The van der Waals surface area contributed by atoms with Crippen LogP contribution in [-0.2, 0) is 22.9 Å². The second-order valence-electron chi connectivity index (χ2n) is 7.29. The van der Waals surface area contributed by atoms with E-state index in [0.717, 1.165) is 36.9 Å². The summed E-state index contributed by atoms with van der Waals surface area (Å²) in [6.07, 6.45) is 2.28. The average molecular weight is 431 g/mol. The van der Waals surface area contributed by atoms with Gasteiger partial charge >= 0.3 is 0 Å². The SMILES string of the molecule is Cc1nn(CCC#N)c2c1[P@@](=S)(N1CCCCCC1)OC(c1ccc(F)cc1)=N2. The van der Waals surface area contributed by atoms with Gasteiger partial charge in [0.1, 0.15) is 11.1 Å². The van der Waals surface area contributed by atoms with Crippen LogP contribution in [0, 0.1) is 24.1 Å². The molecule has 9 heteroatoms. The van der Waals surface area contributed by atoms with Gasteiger partial charge in [0.05, 0.1) is 24.7 Å². The van der Waals surface area contributed by atoms with Crippen molar-refractivity contribution in [2.24, 2.45) is 4.99 Å². The lowest BCUT2D eigenvalue weighted by atomic mass is 10.2. The topological polar surface area (TPSA) is 66.4 Å². The van der Waals surface area contributed by atoms with Crippen molar-refractivity contribution < 1.29 is 8.91 Å². The molecule has 6 nitrogen and oxygen atoms in total. The van der Waals surface area contributed by atoms with Crippen molar-refractivity contribution in [2.75, 3.05) is 13.1 Å². The normalized spacial score (nSPS) is 22.2. The predicted molar refractivity (Wildman–Crippen MR) is 115 cm³/mol. The number of hydrogen-bond acceptors (Lipinski definition) is 5. The maximum Gasteiger partial charge on any atom is 0.227 e. The Bertz CT molecular complexity index is 1020. The molecule has 2 aliphatic rings. The summed E-state index contributed by atoms with van der Waals surface area (Å²) in [6.45, 7) is 4.15. The third kappa shape index (κ3) is 3.87. The number of fused-ring (bicyclic) bond motifs is 1. The first-order valence-electron chi connectivity index (χ1n) is 9.87. The van der Waals surface area contributed by atoms with E-state index in [2.05, 4.69) is 15.8 Å². The van der Waals surface area contributed by atoms with Crippen LogP contribution in [0.3, 0.4) is 0 Å². The Hall–Kier alpha value is -2.07. The Morgan fingerprint density at radius 3 is 2.55 bits per heavy atom. The Kier molecular flexibility index (Phi) is 5.82. The molecule has 0 N–H and O–H groups in total. The number of aromatic nitrogens is 2. The van der Waals surface area contributed by atoms with Crippen LogP contribution in [0.15, 0.2) is 29.3 Å². The second-order valence-corrected chi connectivity index (χ2v) is 11.0. The molecule has 1 aromatic carbocycles. The van der Waals surface area contributed by atoms with Crippen molar-refractivity contribution in [2.45, 2.75) is 45.6 Å². The minimum atomic E-state index is -2.61. The summed E-state index contributed by atoms with van der Waals surface area (Å²) in [5.74, 6) is 0.770. The number of rotatable bonds is 4. The van der Waals surface area contributed by atoms with Crippen LogP contribution >= 0.6 is 6.42 Å². The van der Waals surface area contributed by atoms with Crippen LogP contribution in [0.25, 0.3) is 0 Å². The van der Waals surface area contributed by atoms with Gasteiger partial charge in [0.15, 0.2) is 5.82 Å². The molecule has 0 bridgehead atoms. The molecule has 0 radical (unpaired) electrons. The number of aliphatic imine (C=N–C) groups is 1. The summed E-state index contributed by atoms with van der Waals surface area (Å²) in [7, 11) is 0. The highest BCUT2D eigenvalue weighted by Gasteiger charge is 2.41. The van der Waals surface area contributed by atoms with E-state index in [4.69, 9.17) is 26.6 Å². The first kappa shape index (κ1) is 20.2. The fraction of sp³-hybridized carbons (Fsp3) is 0.450. The quantitative estimate of drug-likeness (QED) is 0.680. The smallest absolute Gasteiger partial charge is 0.227 e. The summed E-state index contributed by atoms with van der Waals surface area (Å²) >= 11 is 6.25. The predicted octanol–water partition coefficient (Wildman–Crippen LogP) is 4.16. The second kappa shape index (κ2) is 8.35. The molecule has 0 spiro atoms. The van der Waals surface area contributed by atoms with Gasteiger partial charge in [-0.15, -0.1) is 0 Å². The zero-order chi connectivity index (χ0) is 20.4. The number of halogens is 1. The van der Waals surface area contributed by atoms with Crippen molar-refractivity contribution >= 4 is 35.2 Å². The Balaban J connectivity index is 1.85. The maximum atomic E-state index is 13.4. The fourth-order valence-electron chi connectivity index (χ4n) is 3.82. The van der Waals surface area contributed by atoms with Crippen molar-refractivity contribution in [1.29, 1.82) is 5.26 Å². The molecule has 1 fully saturated rings. The number of nitrogens with zero attached hydrogens (tertiary/aromatic N) is 5. The molecule has 0 aliphatic carbocycles. The summed E-state index contributed by atoms with van der Waals surface area (Å²) in [6, 6.07) is 8.26. The third-order valence-electron chi connectivity index (χ3n) is 5.25. The van der Waals surface area contributed by atoms with E-state index >= 15 is 0 Å². The van der Waals surface area contributed by atoms with Crippen molar-refractivity contribution in [3.8, 4) is 6.07 Å². The van der Waals surface area contributed by atoms with E-state index in [-0.39, 0.29) is 5.82 Å². The summed E-state index contributed by atoms with van der Waals surface area (Å²) in [5.41, 5.74) is 1.50.